The average Bonchev–Trinajstić information content (AvgIpc) is 2.80. The third-order valence-electron chi connectivity index (χ3n) is 4.49. The van der Waals surface area contributed by atoms with Crippen molar-refractivity contribution in [2.24, 2.45) is 0 Å². The van der Waals surface area contributed by atoms with Crippen molar-refractivity contribution in [1.82, 2.24) is 0 Å². The normalized spacial score (nSPS) is 10.7. The number of carbonyl (C=O) groups is 1. The summed E-state index contributed by atoms with van der Waals surface area (Å²) in [5.74, 6) is 1.52. The number of anilines is 1. The summed E-state index contributed by atoms with van der Waals surface area (Å²) in [6.45, 7) is 3.35. The highest BCUT2D eigenvalue weighted by Crippen LogP contribution is 2.17. The number of nitrogens with one attached hydrogen (secondary N) is 1. The lowest BCUT2D eigenvalue weighted by Crippen LogP contribution is -1.99. The second kappa shape index (κ2) is 11.5. The van der Waals surface area contributed by atoms with Crippen LogP contribution in [0.1, 0.15) is 35.7 Å². The van der Waals surface area contributed by atoms with Gasteiger partial charge in [-0.1, -0.05) is 43.7 Å². The van der Waals surface area contributed by atoms with Crippen LogP contribution in [0.2, 0.25) is 0 Å². The van der Waals surface area contributed by atoms with Gasteiger partial charge in [-0.3, -0.25) is 4.79 Å². The molecule has 4 heteroatoms. The molecule has 0 atom stereocenters. The first kappa shape index (κ1) is 21.2. The van der Waals surface area contributed by atoms with Crippen LogP contribution < -0.4 is 14.8 Å². The van der Waals surface area contributed by atoms with Crippen molar-refractivity contribution in [2.75, 3.05) is 11.9 Å². The molecule has 0 aromatic heterocycles. The van der Waals surface area contributed by atoms with E-state index in [0.29, 0.717) is 18.8 Å². The predicted molar refractivity (Wildman–Crippen MR) is 121 cm³/mol. The molecule has 1 N–H and O–H groups in total. The van der Waals surface area contributed by atoms with Gasteiger partial charge in [0.25, 0.3) is 0 Å². The fourth-order valence-corrected chi connectivity index (χ4v) is 2.75. The van der Waals surface area contributed by atoms with Crippen molar-refractivity contribution in [3.05, 3.63) is 102 Å². The standard InChI is InChI=1S/C26H27NO3/c1-2-3-19-29-24-13-9-22(10-14-24)26(28)17-18-27-23-11-15-25(16-12-23)30-20-21-7-5-4-6-8-21/h4-18,27H,2-3,19-20H2,1H3/b18-17+. The molecule has 0 aliphatic heterocycles. The van der Waals surface area contributed by atoms with Crippen LogP contribution in [0.15, 0.2) is 91.1 Å². The molecule has 0 saturated carbocycles. The van der Waals surface area contributed by atoms with Gasteiger partial charge in [-0.2, -0.15) is 0 Å². The van der Waals surface area contributed by atoms with Gasteiger partial charge in [-0.15, -0.1) is 0 Å². The Bertz CT molecular complexity index is 932. The summed E-state index contributed by atoms with van der Waals surface area (Å²) in [6, 6.07) is 24.9. The number of carbonyl (C=O) groups excluding carboxylic acids is 1. The molecule has 0 fully saturated rings. The van der Waals surface area contributed by atoms with Crippen molar-refractivity contribution >= 4 is 11.5 Å². The zero-order valence-corrected chi connectivity index (χ0v) is 17.2. The molecule has 4 nitrogen and oxygen atoms in total. The van der Waals surface area contributed by atoms with Crippen molar-refractivity contribution in [3.8, 4) is 11.5 Å². The van der Waals surface area contributed by atoms with Crippen LogP contribution in [-0.2, 0) is 6.61 Å². The molecule has 3 aromatic carbocycles. The Morgan fingerprint density at radius 3 is 2.23 bits per heavy atom. The van der Waals surface area contributed by atoms with E-state index in [1.807, 2.05) is 66.7 Å². The first-order valence-corrected chi connectivity index (χ1v) is 10.2. The van der Waals surface area contributed by atoms with Crippen LogP contribution in [0, 0.1) is 0 Å². The average molecular weight is 402 g/mol. The smallest absolute Gasteiger partial charge is 0.187 e. The lowest BCUT2D eigenvalue weighted by molar-refractivity contribution is 0.104. The minimum atomic E-state index is -0.0644. The molecule has 3 rings (SSSR count). The molecule has 0 heterocycles. The van der Waals surface area contributed by atoms with Gasteiger partial charge in [0.1, 0.15) is 18.1 Å². The van der Waals surface area contributed by atoms with E-state index < -0.39 is 0 Å². The molecule has 154 valence electrons. The maximum absolute atomic E-state index is 12.3. The largest absolute Gasteiger partial charge is 0.494 e. The van der Waals surface area contributed by atoms with Crippen LogP contribution in [-0.4, -0.2) is 12.4 Å². The fraction of sp³-hybridized carbons (Fsp3) is 0.192. The summed E-state index contributed by atoms with van der Waals surface area (Å²) in [5, 5.41) is 3.11. The number of hydrogen-bond acceptors (Lipinski definition) is 4. The molecular formula is C26H27NO3. The molecule has 30 heavy (non-hydrogen) atoms. The lowest BCUT2D eigenvalue weighted by atomic mass is 10.1. The quantitative estimate of drug-likeness (QED) is 0.234. The number of benzene rings is 3. The molecular weight excluding hydrogens is 374 g/mol. The molecule has 0 aliphatic rings. The van der Waals surface area contributed by atoms with E-state index in [-0.39, 0.29) is 5.78 Å². The van der Waals surface area contributed by atoms with E-state index in [1.54, 1.807) is 18.3 Å². The van der Waals surface area contributed by atoms with E-state index in [0.717, 1.165) is 35.6 Å². The van der Waals surface area contributed by atoms with Gasteiger partial charge >= 0.3 is 0 Å². The van der Waals surface area contributed by atoms with Crippen LogP contribution in [0.5, 0.6) is 11.5 Å². The van der Waals surface area contributed by atoms with Gasteiger partial charge in [0.2, 0.25) is 0 Å². The highest BCUT2D eigenvalue weighted by atomic mass is 16.5. The first-order chi connectivity index (χ1) is 14.7. The monoisotopic (exact) mass is 401 g/mol. The fourth-order valence-electron chi connectivity index (χ4n) is 2.75. The number of unbranched alkanes of at least 4 members (excludes halogenated alkanes) is 1. The Hall–Kier alpha value is -3.53. The first-order valence-electron chi connectivity index (χ1n) is 10.2. The number of ether oxygens (including phenoxy) is 2. The van der Waals surface area contributed by atoms with Gasteiger partial charge in [0, 0.05) is 23.5 Å². The van der Waals surface area contributed by atoms with E-state index in [1.165, 1.54) is 6.08 Å². The van der Waals surface area contributed by atoms with Crippen LogP contribution in [0.25, 0.3) is 0 Å². The highest BCUT2D eigenvalue weighted by molar-refractivity contribution is 6.04. The van der Waals surface area contributed by atoms with Gasteiger partial charge in [-0.25, -0.2) is 0 Å². The topological polar surface area (TPSA) is 47.6 Å². The third-order valence-corrected chi connectivity index (χ3v) is 4.49. The van der Waals surface area contributed by atoms with E-state index in [4.69, 9.17) is 9.47 Å². The molecule has 0 spiro atoms. The summed E-state index contributed by atoms with van der Waals surface area (Å²) in [4.78, 5) is 12.3. The minimum Gasteiger partial charge on any atom is -0.494 e. The van der Waals surface area contributed by atoms with Gasteiger partial charge < -0.3 is 14.8 Å². The van der Waals surface area contributed by atoms with E-state index in [9.17, 15) is 4.79 Å². The molecule has 3 aromatic rings. The zero-order valence-electron chi connectivity index (χ0n) is 17.2. The van der Waals surface area contributed by atoms with Gasteiger partial charge in [0.15, 0.2) is 5.78 Å². The summed E-state index contributed by atoms with van der Waals surface area (Å²) >= 11 is 0. The van der Waals surface area contributed by atoms with Gasteiger partial charge in [-0.05, 0) is 60.5 Å². The Labute approximate surface area is 178 Å². The molecule has 0 unspecified atom stereocenters. The molecule has 0 amide bonds. The molecule has 0 saturated heterocycles. The minimum absolute atomic E-state index is 0.0644. The van der Waals surface area contributed by atoms with Crippen molar-refractivity contribution < 1.29 is 14.3 Å². The number of hydrogen-bond donors (Lipinski definition) is 1. The Morgan fingerprint density at radius 2 is 1.53 bits per heavy atom. The summed E-state index contributed by atoms with van der Waals surface area (Å²) in [7, 11) is 0. The third kappa shape index (κ3) is 6.82. The molecule has 0 bridgehead atoms. The number of rotatable bonds is 11. The maximum Gasteiger partial charge on any atom is 0.187 e. The van der Waals surface area contributed by atoms with E-state index in [2.05, 4.69) is 12.2 Å². The Kier molecular flexibility index (Phi) is 8.10. The highest BCUT2D eigenvalue weighted by Gasteiger charge is 2.02. The number of ketones is 1. The predicted octanol–water partition coefficient (Wildman–Crippen LogP) is 6.25. The molecule has 0 aliphatic carbocycles. The van der Waals surface area contributed by atoms with Crippen LogP contribution >= 0.6 is 0 Å². The second-order valence-electron chi connectivity index (χ2n) is 6.87. The lowest BCUT2D eigenvalue weighted by Gasteiger charge is -2.07. The second-order valence-corrected chi connectivity index (χ2v) is 6.87. The summed E-state index contributed by atoms with van der Waals surface area (Å²) < 4.78 is 11.4. The summed E-state index contributed by atoms with van der Waals surface area (Å²) in [5.41, 5.74) is 2.63. The van der Waals surface area contributed by atoms with Crippen LogP contribution in [0.4, 0.5) is 5.69 Å². The van der Waals surface area contributed by atoms with E-state index >= 15 is 0 Å². The van der Waals surface area contributed by atoms with Gasteiger partial charge in [0.05, 0.1) is 6.61 Å². The maximum atomic E-state index is 12.3. The molecule has 0 radical (unpaired) electrons. The van der Waals surface area contributed by atoms with Crippen molar-refractivity contribution in [1.29, 1.82) is 0 Å². The van der Waals surface area contributed by atoms with Crippen molar-refractivity contribution in [2.45, 2.75) is 26.4 Å². The Morgan fingerprint density at radius 1 is 0.867 bits per heavy atom. The number of allylic oxidation sites excluding steroid dienone is 1. The SMILES string of the molecule is CCCCOc1ccc(C(=O)/C=C/Nc2ccc(OCc3ccccc3)cc2)cc1. The summed E-state index contributed by atoms with van der Waals surface area (Å²) in [6.07, 6.45) is 5.29. The zero-order chi connectivity index (χ0) is 21.0. The van der Waals surface area contributed by atoms with Crippen LogP contribution in [0.3, 0.4) is 0 Å². The Balaban J connectivity index is 1.45. The van der Waals surface area contributed by atoms with Crippen molar-refractivity contribution in [3.63, 3.8) is 0 Å².